The average molecular weight is 166 g/mol. The van der Waals surface area contributed by atoms with E-state index < -0.39 is 33.2 Å². The molecule has 0 atom stereocenters. The van der Waals surface area contributed by atoms with Gasteiger partial charge in [0.15, 0.2) is 0 Å². The summed E-state index contributed by atoms with van der Waals surface area (Å²) in [7, 11) is 0. The summed E-state index contributed by atoms with van der Waals surface area (Å²) < 4.78 is 26.1. The van der Waals surface area contributed by atoms with E-state index in [-0.39, 0.29) is 0 Å². The molecule has 0 radical (unpaired) electrons. The summed E-state index contributed by atoms with van der Waals surface area (Å²) >= 11 is -2.87. The van der Waals surface area contributed by atoms with Crippen LogP contribution in [0.15, 0.2) is 0 Å². The van der Waals surface area contributed by atoms with Crippen LogP contribution in [-0.2, 0) is 48.1 Å². The number of hydrogen-bond acceptors (Lipinski definition) is 4. The molecular formula is O4V2. The Balaban J connectivity index is 2.66. The maximum atomic E-state index is 9.31. The molecule has 0 bridgehead atoms. The van der Waals surface area contributed by atoms with Crippen LogP contribution in [0.1, 0.15) is 0 Å². The van der Waals surface area contributed by atoms with Gasteiger partial charge in [0, 0.05) is 0 Å². The van der Waals surface area contributed by atoms with Gasteiger partial charge in [0.1, 0.15) is 0 Å². The van der Waals surface area contributed by atoms with Gasteiger partial charge in [0.25, 0.3) is 0 Å². The second-order valence-corrected chi connectivity index (χ2v) is 1.23. The summed E-state index contributed by atoms with van der Waals surface area (Å²) in [6, 6.07) is 0. The first-order valence-corrected chi connectivity index (χ1v) is 3.18. The van der Waals surface area contributed by atoms with Gasteiger partial charge in [-0.05, 0) is 0 Å². The molecule has 0 rings (SSSR count). The predicted octanol–water partition coefficient (Wildman–Crippen LogP) is -0.379. The van der Waals surface area contributed by atoms with Crippen LogP contribution in [0, 0.1) is 0 Å². The molecule has 0 amide bonds. The molecule has 0 aliphatic carbocycles. The van der Waals surface area contributed by atoms with E-state index in [1.54, 1.807) is 0 Å². The Bertz CT molecular complexity index is 41.5. The Morgan fingerprint density at radius 1 is 1.00 bits per heavy atom. The number of rotatable bonds is 3. The molecule has 0 saturated heterocycles. The summed E-state index contributed by atoms with van der Waals surface area (Å²) in [6.45, 7) is 0. The van der Waals surface area contributed by atoms with Crippen molar-refractivity contribution < 1.29 is 48.1 Å². The zero-order chi connectivity index (χ0) is 4.83. The molecule has 0 spiro atoms. The van der Waals surface area contributed by atoms with E-state index in [0.717, 1.165) is 0 Å². The zero-order valence-electron chi connectivity index (χ0n) is 2.53. The third-order valence-corrected chi connectivity index (χ3v) is 0.818. The van der Waals surface area contributed by atoms with Crippen molar-refractivity contribution in [2.24, 2.45) is 0 Å². The summed E-state index contributed by atoms with van der Waals surface area (Å²) in [6.07, 6.45) is 0. The van der Waals surface area contributed by atoms with Gasteiger partial charge in [-0.2, -0.15) is 0 Å². The Kier molecular flexibility index (Phi) is 6.34. The second-order valence-electron chi connectivity index (χ2n) is 0.298. The van der Waals surface area contributed by atoms with Crippen LogP contribution >= 0.6 is 0 Å². The first-order valence-electron chi connectivity index (χ1n) is 0.897. The molecule has 0 unspecified atom stereocenters. The van der Waals surface area contributed by atoms with E-state index in [1.165, 1.54) is 0 Å². The fourth-order valence-electron chi connectivity index (χ4n) is 0.0272. The molecule has 0 saturated carbocycles. The molecule has 4 nitrogen and oxygen atoms in total. The molecule has 0 N–H and O–H groups in total. The molecule has 0 fully saturated rings. The van der Waals surface area contributed by atoms with Crippen molar-refractivity contribution in [3.05, 3.63) is 0 Å². The van der Waals surface area contributed by atoms with Gasteiger partial charge in [-0.1, -0.05) is 0 Å². The summed E-state index contributed by atoms with van der Waals surface area (Å²) in [4.78, 5) is 0. The molecule has 0 aliphatic heterocycles. The van der Waals surface area contributed by atoms with Gasteiger partial charge in [-0.25, -0.2) is 0 Å². The monoisotopic (exact) mass is 166 g/mol. The fourth-order valence-corrected chi connectivity index (χ4v) is 0.463. The van der Waals surface area contributed by atoms with E-state index in [1.807, 2.05) is 0 Å². The molecule has 0 heterocycles. The van der Waals surface area contributed by atoms with Crippen molar-refractivity contribution in [1.29, 1.82) is 0 Å². The van der Waals surface area contributed by atoms with Crippen LogP contribution < -0.4 is 0 Å². The fraction of sp³-hybridized carbons (Fsp3) is 0. The van der Waals surface area contributed by atoms with Gasteiger partial charge in [-0.15, -0.1) is 0 Å². The molecular weight excluding hydrogens is 166 g/mol. The Morgan fingerprint density at radius 2 is 1.33 bits per heavy atom. The summed E-state index contributed by atoms with van der Waals surface area (Å²) in [5.74, 6) is 0. The summed E-state index contributed by atoms with van der Waals surface area (Å²) in [5.41, 5.74) is 0. The Labute approximate surface area is 48.4 Å². The number of hydrogen-bond donors (Lipinski definition) is 0. The second kappa shape index (κ2) is 5.69. The minimum atomic E-state index is -1.44. The van der Waals surface area contributed by atoms with Crippen molar-refractivity contribution in [3.63, 3.8) is 0 Å². The van der Waals surface area contributed by atoms with E-state index in [9.17, 15) is 7.35 Å². The molecule has 0 aromatic rings. The first kappa shape index (κ1) is 6.69. The molecule has 6 heavy (non-hydrogen) atoms. The Morgan fingerprint density at radius 3 is 1.50 bits per heavy atom. The van der Waals surface area contributed by atoms with E-state index in [2.05, 4.69) is 7.63 Å². The van der Waals surface area contributed by atoms with Gasteiger partial charge in [0.05, 0.1) is 0 Å². The van der Waals surface area contributed by atoms with Crippen molar-refractivity contribution >= 4 is 0 Å². The molecule has 34 valence electrons. The van der Waals surface area contributed by atoms with Crippen LogP contribution in [0.5, 0.6) is 0 Å². The van der Waals surface area contributed by atoms with Crippen LogP contribution in [0.25, 0.3) is 0 Å². The zero-order valence-corrected chi connectivity index (χ0v) is 5.32. The van der Waals surface area contributed by atoms with Crippen LogP contribution in [0.3, 0.4) is 0 Å². The molecule has 0 aromatic carbocycles. The predicted molar refractivity (Wildman–Crippen MR) is 3.54 cm³/mol. The van der Waals surface area contributed by atoms with Gasteiger partial charge in [-0.3, -0.25) is 0 Å². The molecule has 6 heteroatoms. The van der Waals surface area contributed by atoms with Crippen molar-refractivity contribution in [3.8, 4) is 0 Å². The normalized spacial score (nSPS) is 7.33. The van der Waals surface area contributed by atoms with Gasteiger partial charge < -0.3 is 0 Å². The van der Waals surface area contributed by atoms with Crippen LogP contribution in [0.2, 0.25) is 0 Å². The maximum absolute atomic E-state index is 9.31. The van der Waals surface area contributed by atoms with E-state index >= 15 is 0 Å². The van der Waals surface area contributed by atoms with E-state index in [4.69, 9.17) is 0 Å². The van der Waals surface area contributed by atoms with Crippen molar-refractivity contribution in [2.45, 2.75) is 0 Å². The third-order valence-electron chi connectivity index (χ3n) is 0.0942. The molecule has 0 aromatic heterocycles. The topological polar surface area (TPSA) is 52.6 Å². The van der Waals surface area contributed by atoms with Crippen LogP contribution in [-0.4, -0.2) is 0 Å². The molecule has 0 aliphatic rings. The van der Waals surface area contributed by atoms with Crippen molar-refractivity contribution in [1.82, 2.24) is 0 Å². The van der Waals surface area contributed by atoms with Crippen LogP contribution in [0.4, 0.5) is 0 Å². The standard InChI is InChI=1S/O2.2O.2V/c1-2;;;;/q-2;;;2*+1. The first-order chi connectivity index (χ1) is 2.91. The average Bonchev–Trinajstić information content (AvgIpc) is 1.61. The Hall–Kier alpha value is 0.689. The quantitative estimate of drug-likeness (QED) is 0.325. The van der Waals surface area contributed by atoms with E-state index in [0.29, 0.717) is 0 Å². The summed E-state index contributed by atoms with van der Waals surface area (Å²) in [5, 5.41) is 0. The third kappa shape index (κ3) is 4.69. The van der Waals surface area contributed by atoms with Gasteiger partial charge in [0.2, 0.25) is 0 Å². The SMILES string of the molecule is [O]=[V][O][O][V]=[O]. The minimum absolute atomic E-state index is 1.44. The van der Waals surface area contributed by atoms with Crippen molar-refractivity contribution in [2.75, 3.05) is 0 Å². The van der Waals surface area contributed by atoms with Gasteiger partial charge >= 0.3 is 48.1 Å².